The second kappa shape index (κ2) is 7.22. The molecule has 2 rings (SSSR count). The van der Waals surface area contributed by atoms with Crippen LogP contribution >= 0.6 is 11.6 Å². The Morgan fingerprint density at radius 1 is 1.10 bits per heavy atom. The highest BCUT2D eigenvalue weighted by atomic mass is 35.5. The van der Waals surface area contributed by atoms with Gasteiger partial charge in [0.1, 0.15) is 11.5 Å². The van der Waals surface area contributed by atoms with Crippen molar-refractivity contribution in [1.82, 2.24) is 0 Å². The molecule has 0 atom stereocenters. The molecule has 0 radical (unpaired) electrons. The Kier molecular flexibility index (Phi) is 5.33. The van der Waals surface area contributed by atoms with Gasteiger partial charge < -0.3 is 14.4 Å². The highest BCUT2D eigenvalue weighted by Gasteiger charge is 2.05. The number of hydrogen-bond donors (Lipinski definition) is 1. The van der Waals surface area contributed by atoms with E-state index in [1.54, 1.807) is 12.1 Å². The molecule has 2 aromatic rings. The Hall–Kier alpha value is -1.65. The largest absolute Gasteiger partial charge is 0.539 e. The Labute approximate surface area is 124 Å². The number of benzene rings is 2. The maximum absolute atomic E-state index is 8.78. The normalized spacial score (nSPS) is 10.2. The van der Waals surface area contributed by atoms with Gasteiger partial charge in [-0.1, -0.05) is 23.7 Å². The monoisotopic (exact) mass is 290 g/mol. The zero-order chi connectivity index (χ0) is 14.4. The van der Waals surface area contributed by atoms with E-state index in [1.165, 1.54) is 0 Å². The Morgan fingerprint density at radius 3 is 2.45 bits per heavy atom. The molecular formula is C15H16BClO3. The molecule has 0 saturated carbocycles. The number of ether oxygens (including phenoxy) is 1. The van der Waals surface area contributed by atoms with Crippen LogP contribution in [0.2, 0.25) is 5.02 Å². The Morgan fingerprint density at radius 2 is 1.80 bits per heavy atom. The van der Waals surface area contributed by atoms with Crippen LogP contribution in [-0.4, -0.2) is 19.3 Å². The van der Waals surface area contributed by atoms with Crippen LogP contribution in [0.25, 0.3) is 0 Å². The maximum atomic E-state index is 8.78. The molecule has 0 heterocycles. The fraction of sp³-hybridized carbons (Fsp3) is 0.200. The van der Waals surface area contributed by atoms with Crippen molar-refractivity contribution in [2.24, 2.45) is 0 Å². The van der Waals surface area contributed by atoms with E-state index in [9.17, 15) is 0 Å². The van der Waals surface area contributed by atoms with E-state index in [0.717, 1.165) is 16.9 Å². The van der Waals surface area contributed by atoms with Crippen molar-refractivity contribution in [3.63, 3.8) is 0 Å². The molecule has 20 heavy (non-hydrogen) atoms. The Balaban J connectivity index is 2.14. The molecule has 0 aliphatic carbocycles. The van der Waals surface area contributed by atoms with Crippen LogP contribution in [0, 0.1) is 0 Å². The molecule has 0 aromatic heterocycles. The molecule has 2 aromatic carbocycles. The van der Waals surface area contributed by atoms with Gasteiger partial charge in [0.2, 0.25) is 0 Å². The average molecular weight is 291 g/mol. The highest BCUT2D eigenvalue weighted by molar-refractivity contribution is 6.31. The summed E-state index contributed by atoms with van der Waals surface area (Å²) in [6, 6.07) is 13.3. The first kappa shape index (κ1) is 14.8. The van der Waals surface area contributed by atoms with Crippen LogP contribution in [0.4, 0.5) is 0 Å². The maximum Gasteiger partial charge on any atom is 0.504 e. The zero-order valence-electron chi connectivity index (χ0n) is 11.3. The molecule has 1 N–H and O–H groups in total. The molecule has 104 valence electrons. The first-order valence-corrected chi connectivity index (χ1v) is 6.84. The van der Waals surface area contributed by atoms with Gasteiger partial charge in [0.25, 0.3) is 0 Å². The van der Waals surface area contributed by atoms with Gasteiger partial charge in [-0.25, -0.2) is 0 Å². The van der Waals surface area contributed by atoms with E-state index >= 15 is 0 Å². The number of halogens is 1. The van der Waals surface area contributed by atoms with Crippen LogP contribution < -0.4 is 9.39 Å². The predicted molar refractivity (Wildman–Crippen MR) is 81.9 cm³/mol. The zero-order valence-corrected chi connectivity index (χ0v) is 12.1. The first-order chi connectivity index (χ1) is 9.72. The summed E-state index contributed by atoms with van der Waals surface area (Å²) in [5.74, 6) is 1.47. The predicted octanol–water partition coefficient (Wildman–Crippen LogP) is 2.97. The van der Waals surface area contributed by atoms with Crippen molar-refractivity contribution in [3.8, 4) is 11.5 Å². The van der Waals surface area contributed by atoms with Crippen molar-refractivity contribution in [2.75, 3.05) is 6.61 Å². The molecule has 0 fully saturated rings. The second-order valence-electron chi connectivity index (χ2n) is 4.28. The van der Waals surface area contributed by atoms with Crippen molar-refractivity contribution in [1.29, 1.82) is 0 Å². The summed E-state index contributed by atoms with van der Waals surface area (Å²) in [6.45, 7) is 2.62. The summed E-state index contributed by atoms with van der Waals surface area (Å²) < 4.78 is 10.5. The molecule has 0 spiro atoms. The summed E-state index contributed by atoms with van der Waals surface area (Å²) in [5.41, 5.74) is 2.10. The molecule has 0 bridgehead atoms. The number of hydrogen-bond acceptors (Lipinski definition) is 3. The van der Waals surface area contributed by atoms with Crippen molar-refractivity contribution < 1.29 is 14.4 Å². The van der Waals surface area contributed by atoms with Crippen LogP contribution in [0.3, 0.4) is 0 Å². The summed E-state index contributed by atoms with van der Waals surface area (Å²) >= 11 is 6.18. The number of rotatable bonds is 6. The van der Waals surface area contributed by atoms with Crippen LogP contribution in [0.5, 0.6) is 11.5 Å². The minimum atomic E-state index is -0.343. The third kappa shape index (κ3) is 3.92. The second-order valence-corrected chi connectivity index (χ2v) is 4.69. The van der Waals surface area contributed by atoms with E-state index in [1.807, 2.05) is 37.3 Å². The van der Waals surface area contributed by atoms with Crippen molar-refractivity contribution in [3.05, 3.63) is 58.6 Å². The third-order valence-corrected chi connectivity index (χ3v) is 3.25. The standard InChI is InChI=1S/C15H16BClO3/c1-2-19-13-5-3-11(4-6-13)9-12-10-14(20-16-18)7-8-15(12)17/h3-8,10,16,18H,2,9H2,1H3. The topological polar surface area (TPSA) is 38.7 Å². The van der Waals surface area contributed by atoms with Crippen LogP contribution in [0.1, 0.15) is 18.1 Å². The van der Waals surface area contributed by atoms with Gasteiger partial charge in [-0.15, -0.1) is 0 Å². The van der Waals surface area contributed by atoms with Gasteiger partial charge in [-0.3, -0.25) is 0 Å². The summed E-state index contributed by atoms with van der Waals surface area (Å²) in [5, 5.41) is 9.47. The third-order valence-electron chi connectivity index (χ3n) is 2.88. The highest BCUT2D eigenvalue weighted by Crippen LogP contribution is 2.25. The quantitative estimate of drug-likeness (QED) is 0.831. The van der Waals surface area contributed by atoms with Gasteiger partial charge in [-0.05, 0) is 54.8 Å². The van der Waals surface area contributed by atoms with Gasteiger partial charge in [0.05, 0.1) is 6.61 Å². The molecule has 0 aliphatic heterocycles. The summed E-state index contributed by atoms with van der Waals surface area (Å²) in [4.78, 5) is 0. The first-order valence-electron chi connectivity index (χ1n) is 6.46. The van der Waals surface area contributed by atoms with Crippen molar-refractivity contribution >= 4 is 19.3 Å². The summed E-state index contributed by atoms with van der Waals surface area (Å²) in [7, 11) is -0.343. The SMILES string of the molecule is CCOc1ccc(Cc2cc(OBO)ccc2Cl)cc1. The van der Waals surface area contributed by atoms with E-state index in [4.69, 9.17) is 26.0 Å². The molecule has 0 saturated heterocycles. The van der Waals surface area contributed by atoms with E-state index in [-0.39, 0.29) is 7.69 Å². The minimum Gasteiger partial charge on any atom is -0.539 e. The lowest BCUT2D eigenvalue weighted by molar-refractivity contribution is 0.340. The Bertz CT molecular complexity index is 558. The van der Waals surface area contributed by atoms with Crippen molar-refractivity contribution in [2.45, 2.75) is 13.3 Å². The minimum absolute atomic E-state index is 0.343. The van der Waals surface area contributed by atoms with E-state index in [2.05, 4.69) is 0 Å². The molecule has 0 amide bonds. The smallest absolute Gasteiger partial charge is 0.504 e. The molecule has 0 unspecified atom stereocenters. The molecule has 5 heteroatoms. The molecule has 3 nitrogen and oxygen atoms in total. The van der Waals surface area contributed by atoms with Gasteiger partial charge in [0, 0.05) is 5.02 Å². The van der Waals surface area contributed by atoms with E-state index in [0.29, 0.717) is 23.8 Å². The fourth-order valence-corrected chi connectivity index (χ4v) is 2.13. The molecular weight excluding hydrogens is 274 g/mol. The lowest BCUT2D eigenvalue weighted by Gasteiger charge is -2.09. The summed E-state index contributed by atoms with van der Waals surface area (Å²) in [6.07, 6.45) is 0.702. The lowest BCUT2D eigenvalue weighted by atomic mass is 10.0. The average Bonchev–Trinajstić information content (AvgIpc) is 2.45. The fourth-order valence-electron chi connectivity index (χ4n) is 1.94. The lowest BCUT2D eigenvalue weighted by Crippen LogP contribution is -2.00. The van der Waals surface area contributed by atoms with Gasteiger partial charge in [0.15, 0.2) is 0 Å². The van der Waals surface area contributed by atoms with Gasteiger partial charge in [-0.2, -0.15) is 0 Å². The van der Waals surface area contributed by atoms with Crippen LogP contribution in [-0.2, 0) is 6.42 Å². The van der Waals surface area contributed by atoms with Crippen LogP contribution in [0.15, 0.2) is 42.5 Å². The molecule has 0 aliphatic rings. The van der Waals surface area contributed by atoms with E-state index < -0.39 is 0 Å². The van der Waals surface area contributed by atoms with Gasteiger partial charge >= 0.3 is 7.69 Å².